The number of hydrogen-bond donors (Lipinski definition) is 1. The van der Waals surface area contributed by atoms with E-state index in [1.54, 1.807) is 24.3 Å². The molecule has 0 aliphatic heterocycles. The number of ether oxygens (including phenoxy) is 1. The predicted molar refractivity (Wildman–Crippen MR) is 113 cm³/mol. The molecule has 154 valence electrons. The van der Waals surface area contributed by atoms with E-state index in [0.29, 0.717) is 17.9 Å². The normalized spacial score (nSPS) is 11.7. The summed E-state index contributed by atoms with van der Waals surface area (Å²) in [6, 6.07) is 20.3. The Labute approximate surface area is 178 Å². The first-order valence-electron chi connectivity index (χ1n) is 9.42. The largest absolute Gasteiger partial charge is 0.489 e. The van der Waals surface area contributed by atoms with Crippen LogP contribution in [0, 0.1) is 5.82 Å². The highest BCUT2D eigenvalue weighted by atomic mass is 35.5. The molecule has 0 saturated heterocycles. The second-order valence-corrected chi connectivity index (χ2v) is 7.19. The van der Waals surface area contributed by atoms with Crippen LogP contribution in [0.1, 0.15) is 40.2 Å². The number of rotatable bonds is 9. The van der Waals surface area contributed by atoms with Crippen LogP contribution in [0.2, 0.25) is 5.02 Å². The Balaban J connectivity index is 1.86. The molecule has 1 N–H and O–H groups in total. The van der Waals surface area contributed by atoms with Gasteiger partial charge in [-0.25, -0.2) is 4.39 Å². The summed E-state index contributed by atoms with van der Waals surface area (Å²) in [6.45, 7) is 0.333. The topological polar surface area (TPSA) is 63.6 Å². The van der Waals surface area contributed by atoms with Gasteiger partial charge in [0.25, 0.3) is 0 Å². The van der Waals surface area contributed by atoms with Gasteiger partial charge in [-0.15, -0.1) is 0 Å². The van der Waals surface area contributed by atoms with Crippen molar-refractivity contribution in [2.75, 3.05) is 0 Å². The van der Waals surface area contributed by atoms with Crippen LogP contribution in [0.25, 0.3) is 0 Å². The maximum atomic E-state index is 14.5. The number of benzene rings is 3. The van der Waals surface area contributed by atoms with Crippen molar-refractivity contribution in [3.8, 4) is 5.75 Å². The van der Waals surface area contributed by atoms with E-state index in [-0.39, 0.29) is 23.4 Å². The summed E-state index contributed by atoms with van der Waals surface area (Å²) in [7, 11) is 0. The van der Waals surface area contributed by atoms with Crippen LogP contribution in [-0.4, -0.2) is 16.9 Å². The fourth-order valence-electron chi connectivity index (χ4n) is 3.20. The number of Topliss-reactive ketones (excluding diaryl/α,β-unsaturated/α-hetero) is 1. The Morgan fingerprint density at radius 2 is 1.73 bits per heavy atom. The smallest absolute Gasteiger partial charge is 0.303 e. The minimum atomic E-state index is -1.07. The molecular formula is C24H20ClFO4. The summed E-state index contributed by atoms with van der Waals surface area (Å²) in [5.74, 6) is -2.64. The number of carbonyl (C=O) groups is 2. The summed E-state index contributed by atoms with van der Waals surface area (Å²) < 4.78 is 20.2. The lowest BCUT2D eigenvalue weighted by molar-refractivity contribution is -0.137. The van der Waals surface area contributed by atoms with Gasteiger partial charge in [0, 0.05) is 22.6 Å². The molecule has 0 saturated carbocycles. The van der Waals surface area contributed by atoms with Gasteiger partial charge in [0.2, 0.25) is 0 Å². The number of carbonyl (C=O) groups excluding carboxylic acids is 1. The summed E-state index contributed by atoms with van der Waals surface area (Å²) in [5.41, 5.74) is 1.29. The second-order valence-electron chi connectivity index (χ2n) is 6.79. The SMILES string of the molecule is O=C(O)CCC(C(=O)c1cccc(OCc2ccccc2)c1)c1c(F)cccc1Cl. The summed E-state index contributed by atoms with van der Waals surface area (Å²) in [4.78, 5) is 24.3. The van der Waals surface area contributed by atoms with Crippen molar-refractivity contribution < 1.29 is 23.8 Å². The molecule has 0 aliphatic carbocycles. The molecule has 0 spiro atoms. The first-order valence-corrected chi connectivity index (χ1v) is 9.80. The molecule has 3 aromatic carbocycles. The average Bonchev–Trinajstić information content (AvgIpc) is 2.74. The van der Waals surface area contributed by atoms with E-state index in [1.165, 1.54) is 18.2 Å². The molecule has 6 heteroatoms. The predicted octanol–water partition coefficient (Wildman–Crippen LogP) is 5.89. The highest BCUT2D eigenvalue weighted by Gasteiger charge is 2.28. The van der Waals surface area contributed by atoms with Gasteiger partial charge in [-0.3, -0.25) is 9.59 Å². The van der Waals surface area contributed by atoms with Crippen LogP contribution < -0.4 is 4.74 Å². The summed E-state index contributed by atoms with van der Waals surface area (Å²) in [6.07, 6.45) is -0.352. The van der Waals surface area contributed by atoms with Gasteiger partial charge >= 0.3 is 5.97 Å². The molecule has 0 aliphatic rings. The van der Waals surface area contributed by atoms with Crippen LogP contribution in [0.4, 0.5) is 4.39 Å². The van der Waals surface area contributed by atoms with Crippen molar-refractivity contribution in [3.63, 3.8) is 0 Å². The number of halogens is 2. The Kier molecular flexibility index (Phi) is 7.20. The van der Waals surface area contributed by atoms with Gasteiger partial charge in [0.05, 0.1) is 5.92 Å². The zero-order valence-corrected chi connectivity index (χ0v) is 16.8. The molecule has 1 atom stereocenters. The summed E-state index contributed by atoms with van der Waals surface area (Å²) >= 11 is 6.16. The average molecular weight is 427 g/mol. The maximum Gasteiger partial charge on any atom is 0.303 e. The minimum absolute atomic E-state index is 0.0148. The first-order chi connectivity index (χ1) is 14.5. The Morgan fingerprint density at radius 3 is 2.43 bits per heavy atom. The van der Waals surface area contributed by atoms with Crippen LogP contribution in [0.15, 0.2) is 72.8 Å². The summed E-state index contributed by atoms with van der Waals surface area (Å²) in [5, 5.41) is 9.16. The van der Waals surface area contributed by atoms with Crippen molar-refractivity contribution in [1.29, 1.82) is 0 Å². The van der Waals surface area contributed by atoms with E-state index < -0.39 is 23.5 Å². The Hall–Kier alpha value is -3.18. The van der Waals surface area contributed by atoms with Crippen LogP contribution in [0.5, 0.6) is 5.75 Å². The van der Waals surface area contributed by atoms with Gasteiger partial charge in [0.1, 0.15) is 18.2 Å². The lowest BCUT2D eigenvalue weighted by atomic mass is 9.86. The lowest BCUT2D eigenvalue weighted by Crippen LogP contribution is -2.17. The standard InChI is InChI=1S/C24H20ClFO4/c25-20-10-5-11-21(26)23(20)19(12-13-22(27)28)24(29)17-8-4-9-18(14-17)30-15-16-6-2-1-3-7-16/h1-11,14,19H,12-13,15H2,(H,27,28). The van der Waals surface area contributed by atoms with E-state index in [9.17, 15) is 14.0 Å². The third kappa shape index (κ3) is 5.45. The molecule has 0 fully saturated rings. The number of carboxylic acids is 1. The van der Waals surface area contributed by atoms with Crippen molar-refractivity contribution in [2.24, 2.45) is 0 Å². The number of aliphatic carboxylic acids is 1. The molecule has 0 bridgehead atoms. The molecule has 0 amide bonds. The first kappa shape index (κ1) is 21.5. The highest BCUT2D eigenvalue weighted by molar-refractivity contribution is 6.31. The minimum Gasteiger partial charge on any atom is -0.489 e. The monoisotopic (exact) mass is 426 g/mol. The van der Waals surface area contributed by atoms with E-state index in [2.05, 4.69) is 0 Å². The molecule has 3 rings (SSSR count). The van der Waals surface area contributed by atoms with Gasteiger partial charge in [-0.05, 0) is 36.2 Å². The van der Waals surface area contributed by atoms with E-state index >= 15 is 0 Å². The molecule has 1 unspecified atom stereocenters. The Bertz CT molecular complexity index is 1020. The molecule has 3 aromatic rings. The second kappa shape index (κ2) is 10.0. The van der Waals surface area contributed by atoms with Gasteiger partial charge in [-0.2, -0.15) is 0 Å². The van der Waals surface area contributed by atoms with Crippen LogP contribution in [-0.2, 0) is 11.4 Å². The zero-order chi connectivity index (χ0) is 21.5. The number of carboxylic acid groups (broad SMARTS) is 1. The molecule has 0 aromatic heterocycles. The third-order valence-electron chi connectivity index (χ3n) is 4.68. The van der Waals surface area contributed by atoms with E-state index in [0.717, 1.165) is 5.56 Å². The van der Waals surface area contributed by atoms with Gasteiger partial charge in [0.15, 0.2) is 5.78 Å². The van der Waals surface area contributed by atoms with Crippen LogP contribution in [0.3, 0.4) is 0 Å². The fourth-order valence-corrected chi connectivity index (χ4v) is 3.49. The van der Waals surface area contributed by atoms with Gasteiger partial charge in [-0.1, -0.05) is 60.1 Å². The molecule has 30 heavy (non-hydrogen) atoms. The van der Waals surface area contributed by atoms with Crippen molar-refractivity contribution >= 4 is 23.4 Å². The Morgan fingerprint density at radius 1 is 1.00 bits per heavy atom. The zero-order valence-electron chi connectivity index (χ0n) is 16.1. The van der Waals surface area contributed by atoms with E-state index in [4.69, 9.17) is 21.4 Å². The molecule has 0 heterocycles. The van der Waals surface area contributed by atoms with Crippen molar-refractivity contribution in [3.05, 3.63) is 100 Å². The fraction of sp³-hybridized carbons (Fsp3) is 0.167. The molecule has 4 nitrogen and oxygen atoms in total. The highest BCUT2D eigenvalue weighted by Crippen LogP contribution is 2.34. The maximum absolute atomic E-state index is 14.5. The van der Waals surface area contributed by atoms with Crippen molar-refractivity contribution in [1.82, 2.24) is 0 Å². The number of ketones is 1. The van der Waals surface area contributed by atoms with Crippen LogP contribution >= 0.6 is 11.6 Å². The van der Waals surface area contributed by atoms with Crippen molar-refractivity contribution in [2.45, 2.75) is 25.4 Å². The molecular weight excluding hydrogens is 407 g/mol. The lowest BCUT2D eigenvalue weighted by Gasteiger charge is -2.18. The number of hydrogen-bond acceptors (Lipinski definition) is 3. The molecule has 0 radical (unpaired) electrons. The third-order valence-corrected chi connectivity index (χ3v) is 5.01. The quantitative estimate of drug-likeness (QED) is 0.433. The van der Waals surface area contributed by atoms with E-state index in [1.807, 2.05) is 30.3 Å². The van der Waals surface area contributed by atoms with Gasteiger partial charge < -0.3 is 9.84 Å².